The van der Waals surface area contributed by atoms with E-state index < -0.39 is 28.3 Å². The summed E-state index contributed by atoms with van der Waals surface area (Å²) in [7, 11) is 0. The lowest BCUT2D eigenvalue weighted by Crippen LogP contribution is -2.45. The van der Waals surface area contributed by atoms with Crippen LogP contribution in [0.4, 0.5) is 13.2 Å². The predicted molar refractivity (Wildman–Crippen MR) is 78.5 cm³/mol. The van der Waals surface area contributed by atoms with E-state index in [0.29, 0.717) is 12.8 Å². The van der Waals surface area contributed by atoms with Crippen LogP contribution in [-0.4, -0.2) is 35.9 Å². The van der Waals surface area contributed by atoms with Gasteiger partial charge in [0.05, 0.1) is 5.57 Å². The van der Waals surface area contributed by atoms with E-state index in [2.05, 4.69) is 0 Å². The van der Waals surface area contributed by atoms with Crippen LogP contribution in [0, 0.1) is 27.6 Å². The molecule has 1 saturated heterocycles. The number of nitriles is 1. The number of likely N-dealkylation sites (tertiary alicyclic amines) is 1. The summed E-state index contributed by atoms with van der Waals surface area (Å²) in [4.78, 5) is 25.9. The molecule has 0 aromatic carbocycles. The van der Waals surface area contributed by atoms with Crippen LogP contribution in [0.5, 0.6) is 0 Å². The van der Waals surface area contributed by atoms with Crippen molar-refractivity contribution in [2.24, 2.45) is 16.2 Å². The Hall–Kier alpha value is -1.84. The molecule has 1 heterocycles. The normalized spacial score (nSPS) is 30.9. The summed E-state index contributed by atoms with van der Waals surface area (Å²) in [6.45, 7) is 3.86. The Balaban J connectivity index is 1.86. The van der Waals surface area contributed by atoms with Gasteiger partial charge in [0, 0.05) is 23.9 Å². The van der Waals surface area contributed by atoms with Crippen LogP contribution in [0.25, 0.3) is 0 Å². The van der Waals surface area contributed by atoms with Crippen LogP contribution in [0.1, 0.15) is 39.5 Å². The Bertz CT molecular complexity index is 683. The van der Waals surface area contributed by atoms with E-state index in [0.717, 1.165) is 0 Å². The quantitative estimate of drug-likeness (QED) is 0.737. The molecule has 2 aliphatic carbocycles. The van der Waals surface area contributed by atoms with Crippen molar-refractivity contribution in [1.29, 1.82) is 5.26 Å². The number of carbonyl (C=O) groups is 2. The van der Waals surface area contributed by atoms with Crippen LogP contribution in [-0.2, 0) is 9.59 Å². The van der Waals surface area contributed by atoms with E-state index in [1.165, 1.54) is 4.90 Å². The fourth-order valence-corrected chi connectivity index (χ4v) is 4.21. The maximum atomic E-state index is 13.2. The third-order valence-corrected chi connectivity index (χ3v) is 5.60. The molecule has 1 spiro atoms. The lowest BCUT2D eigenvalue weighted by Gasteiger charge is -2.38. The first-order chi connectivity index (χ1) is 11.0. The summed E-state index contributed by atoms with van der Waals surface area (Å²) in [5.74, 6) is -1.09. The van der Waals surface area contributed by atoms with E-state index in [-0.39, 0.29) is 37.3 Å². The lowest BCUT2D eigenvalue weighted by atomic mass is 9.64. The topological polar surface area (TPSA) is 61.2 Å². The molecule has 3 rings (SSSR count). The van der Waals surface area contributed by atoms with Gasteiger partial charge in [0.1, 0.15) is 11.5 Å². The molecule has 2 fully saturated rings. The average Bonchev–Trinajstić information content (AvgIpc) is 3.20. The van der Waals surface area contributed by atoms with E-state index in [4.69, 9.17) is 0 Å². The molecule has 0 radical (unpaired) electrons. The van der Waals surface area contributed by atoms with Gasteiger partial charge in [0.15, 0.2) is 5.78 Å². The second-order valence-electron chi connectivity index (χ2n) is 7.98. The number of allylic oxidation sites excluding steroid dienone is 1. The summed E-state index contributed by atoms with van der Waals surface area (Å²) in [5.41, 5.74) is -3.49. The minimum absolute atomic E-state index is 0.0532. The van der Waals surface area contributed by atoms with Crippen molar-refractivity contribution in [3.05, 3.63) is 11.6 Å². The monoisotopic (exact) mass is 340 g/mol. The molecule has 0 N–H and O–H groups in total. The number of nitrogens with zero attached hydrogens (tertiary/aromatic N) is 2. The number of alkyl halides is 3. The van der Waals surface area contributed by atoms with Crippen LogP contribution in [0.2, 0.25) is 0 Å². The average molecular weight is 340 g/mol. The van der Waals surface area contributed by atoms with Crippen molar-refractivity contribution in [1.82, 2.24) is 4.90 Å². The van der Waals surface area contributed by atoms with Crippen molar-refractivity contribution < 1.29 is 22.8 Å². The number of hydrogen-bond donors (Lipinski definition) is 0. The second kappa shape index (κ2) is 4.84. The number of ketones is 1. The highest BCUT2D eigenvalue weighted by Gasteiger charge is 2.70. The zero-order valence-corrected chi connectivity index (χ0v) is 13.7. The molecule has 4 nitrogen and oxygen atoms in total. The summed E-state index contributed by atoms with van der Waals surface area (Å²) in [6.07, 6.45) is -2.32. The Kier molecular flexibility index (Phi) is 3.43. The van der Waals surface area contributed by atoms with Gasteiger partial charge in [0.25, 0.3) is 0 Å². The van der Waals surface area contributed by atoms with Crippen molar-refractivity contribution in [2.45, 2.75) is 45.7 Å². The van der Waals surface area contributed by atoms with Gasteiger partial charge < -0.3 is 4.90 Å². The van der Waals surface area contributed by atoms with Crippen molar-refractivity contribution in [2.75, 3.05) is 13.1 Å². The third kappa shape index (κ3) is 2.35. The fraction of sp³-hybridized carbons (Fsp3) is 0.706. The first kappa shape index (κ1) is 17.0. The Labute approximate surface area is 138 Å². The molecule has 0 unspecified atom stereocenters. The third-order valence-electron chi connectivity index (χ3n) is 5.60. The molecule has 0 aromatic rings. The molecule has 1 aliphatic heterocycles. The molecule has 1 atom stereocenters. The molecule has 1 amide bonds. The van der Waals surface area contributed by atoms with E-state index >= 15 is 0 Å². The highest BCUT2D eigenvalue weighted by Crippen LogP contribution is 2.59. The molecular weight excluding hydrogens is 321 g/mol. The molecule has 0 aromatic heterocycles. The Morgan fingerprint density at radius 2 is 1.92 bits per heavy atom. The summed E-state index contributed by atoms with van der Waals surface area (Å²) < 4.78 is 39.5. The number of hydrogen-bond acceptors (Lipinski definition) is 3. The standard InChI is InChI=1S/C17H19F3N2O2/c1-14(2)9-15(7-11(8-21)12(14)23)5-6-22(10-15)13(24)16(3-4-16)17(18,19)20/h7H,3-6,9-10H2,1-2H3/t15-/m0/s1. The molecule has 24 heavy (non-hydrogen) atoms. The number of Topliss-reactive ketones (excluding diaryl/α,β-unsaturated/α-hetero) is 1. The molecule has 130 valence electrons. The number of amides is 1. The van der Waals surface area contributed by atoms with Crippen molar-refractivity contribution in [3.63, 3.8) is 0 Å². The lowest BCUT2D eigenvalue weighted by molar-refractivity contribution is -0.198. The van der Waals surface area contributed by atoms with Crippen LogP contribution >= 0.6 is 0 Å². The minimum atomic E-state index is -4.52. The van der Waals surface area contributed by atoms with Gasteiger partial charge in [-0.15, -0.1) is 0 Å². The van der Waals surface area contributed by atoms with E-state index in [1.54, 1.807) is 19.9 Å². The molecule has 1 saturated carbocycles. The largest absolute Gasteiger partial charge is 0.403 e. The minimum Gasteiger partial charge on any atom is -0.341 e. The summed E-state index contributed by atoms with van der Waals surface area (Å²) in [6, 6.07) is 1.90. The fourth-order valence-electron chi connectivity index (χ4n) is 4.21. The first-order valence-corrected chi connectivity index (χ1v) is 8.00. The highest BCUT2D eigenvalue weighted by molar-refractivity contribution is 6.03. The van der Waals surface area contributed by atoms with Crippen LogP contribution in [0.3, 0.4) is 0 Å². The Morgan fingerprint density at radius 3 is 2.42 bits per heavy atom. The van der Waals surface area contributed by atoms with Crippen molar-refractivity contribution in [3.8, 4) is 6.07 Å². The van der Waals surface area contributed by atoms with E-state index in [9.17, 15) is 28.0 Å². The van der Waals surface area contributed by atoms with Crippen LogP contribution in [0.15, 0.2) is 11.6 Å². The molecule has 7 heteroatoms. The van der Waals surface area contributed by atoms with Gasteiger partial charge in [-0.3, -0.25) is 9.59 Å². The molecule has 3 aliphatic rings. The van der Waals surface area contributed by atoms with Gasteiger partial charge in [-0.1, -0.05) is 19.9 Å². The van der Waals surface area contributed by atoms with Gasteiger partial charge in [-0.25, -0.2) is 0 Å². The maximum Gasteiger partial charge on any atom is 0.403 e. The van der Waals surface area contributed by atoms with Gasteiger partial charge in [-0.2, -0.15) is 18.4 Å². The number of carbonyl (C=O) groups excluding carboxylic acids is 2. The maximum absolute atomic E-state index is 13.2. The van der Waals surface area contributed by atoms with E-state index in [1.807, 2.05) is 6.07 Å². The molecular formula is C17H19F3N2O2. The van der Waals surface area contributed by atoms with Crippen molar-refractivity contribution >= 4 is 11.7 Å². The zero-order chi connectivity index (χ0) is 18.0. The van der Waals surface area contributed by atoms with Crippen LogP contribution < -0.4 is 0 Å². The SMILES string of the molecule is CC1(C)C[C@@]2(C=C(C#N)C1=O)CCN(C(=O)C1(C(F)(F)F)CC1)C2. The zero-order valence-electron chi connectivity index (χ0n) is 13.7. The summed E-state index contributed by atoms with van der Waals surface area (Å²) >= 11 is 0. The number of halogens is 3. The summed E-state index contributed by atoms with van der Waals surface area (Å²) in [5, 5.41) is 9.19. The molecule has 0 bridgehead atoms. The van der Waals surface area contributed by atoms with Gasteiger partial charge >= 0.3 is 6.18 Å². The highest BCUT2D eigenvalue weighted by atomic mass is 19.4. The second-order valence-corrected chi connectivity index (χ2v) is 7.98. The first-order valence-electron chi connectivity index (χ1n) is 8.00. The van der Waals surface area contributed by atoms with Gasteiger partial charge in [-0.05, 0) is 25.7 Å². The van der Waals surface area contributed by atoms with Gasteiger partial charge in [0.2, 0.25) is 5.91 Å². The predicted octanol–water partition coefficient (Wildman–Crippen LogP) is 3.00. The number of rotatable bonds is 1. The smallest absolute Gasteiger partial charge is 0.341 e. The Morgan fingerprint density at radius 1 is 1.29 bits per heavy atom.